The van der Waals surface area contributed by atoms with Crippen LogP contribution in [0.15, 0.2) is 52.3 Å². The first-order chi connectivity index (χ1) is 13.3. The Morgan fingerprint density at radius 1 is 1.00 bits per heavy atom. The summed E-state index contributed by atoms with van der Waals surface area (Å²) in [6.45, 7) is 1.79. The molecule has 0 amide bonds. The van der Waals surface area contributed by atoms with Gasteiger partial charge < -0.3 is 4.74 Å². The monoisotopic (exact) mass is 452 g/mol. The smallest absolute Gasteiger partial charge is 0.417 e. The first-order valence-electron chi connectivity index (χ1n) is 8.19. The summed E-state index contributed by atoms with van der Waals surface area (Å²) < 4.78 is 97.9. The quantitative estimate of drug-likeness (QED) is 0.697. The van der Waals surface area contributed by atoms with Crippen molar-refractivity contribution in [3.8, 4) is 5.75 Å². The molecule has 0 aliphatic rings. The fourth-order valence-corrected chi connectivity index (χ4v) is 4.72. The van der Waals surface area contributed by atoms with E-state index >= 15 is 0 Å². The zero-order chi connectivity index (χ0) is 22.0. The van der Waals surface area contributed by atoms with E-state index < -0.39 is 36.7 Å². The molecule has 0 bridgehead atoms. The lowest BCUT2D eigenvalue weighted by molar-refractivity contribution is -0.139. The average Bonchev–Trinajstić information content (AvgIpc) is 2.62. The second-order valence-corrected chi connectivity index (χ2v) is 9.75. The molecule has 160 valence electrons. The van der Waals surface area contributed by atoms with Crippen molar-refractivity contribution in [1.82, 2.24) is 4.31 Å². The molecular weight excluding hydrogens is 433 g/mol. The molecule has 0 aliphatic carbocycles. The van der Waals surface area contributed by atoms with Crippen molar-refractivity contribution >= 4 is 25.7 Å². The van der Waals surface area contributed by atoms with Gasteiger partial charge in [0.05, 0.1) is 22.8 Å². The third-order valence-corrected chi connectivity index (χ3v) is 7.01. The van der Waals surface area contributed by atoms with Gasteiger partial charge in [-0.3, -0.25) is 4.72 Å². The Morgan fingerprint density at radius 3 is 2.17 bits per heavy atom. The molecule has 0 fully saturated rings. The first kappa shape index (κ1) is 23.0. The van der Waals surface area contributed by atoms with E-state index in [1.165, 1.54) is 26.2 Å². The van der Waals surface area contributed by atoms with Crippen LogP contribution in [0.4, 0.5) is 18.9 Å². The largest absolute Gasteiger partial charge is 0.492 e. The highest BCUT2D eigenvalue weighted by Crippen LogP contribution is 2.35. The van der Waals surface area contributed by atoms with Crippen molar-refractivity contribution in [2.24, 2.45) is 0 Å². The Kier molecular flexibility index (Phi) is 6.50. The Bertz CT molecular complexity index is 1100. The van der Waals surface area contributed by atoms with Crippen LogP contribution in [0.2, 0.25) is 0 Å². The predicted molar refractivity (Wildman–Crippen MR) is 101 cm³/mol. The summed E-state index contributed by atoms with van der Waals surface area (Å²) in [6, 6.07) is 7.12. The lowest BCUT2D eigenvalue weighted by atomic mass is 10.2. The molecule has 12 heteroatoms. The van der Waals surface area contributed by atoms with Crippen molar-refractivity contribution in [3.63, 3.8) is 0 Å². The molecule has 0 heterocycles. The van der Waals surface area contributed by atoms with Crippen LogP contribution in [0.25, 0.3) is 0 Å². The summed E-state index contributed by atoms with van der Waals surface area (Å²) in [6.07, 6.45) is -4.89. The minimum Gasteiger partial charge on any atom is -0.492 e. The fourth-order valence-electron chi connectivity index (χ4n) is 2.39. The van der Waals surface area contributed by atoms with Gasteiger partial charge in [-0.05, 0) is 37.3 Å². The van der Waals surface area contributed by atoms with Gasteiger partial charge >= 0.3 is 6.18 Å². The maximum Gasteiger partial charge on any atom is 0.417 e. The van der Waals surface area contributed by atoms with E-state index in [0.717, 1.165) is 28.6 Å². The minimum absolute atomic E-state index is 0.0140. The third kappa shape index (κ3) is 5.00. The SMILES string of the molecule is CCOc1ccc(NS(=O)(=O)c2ccccc2C(F)(F)F)cc1S(=O)(=O)N(C)C. The van der Waals surface area contributed by atoms with E-state index in [2.05, 4.69) is 0 Å². The van der Waals surface area contributed by atoms with Gasteiger partial charge in [0, 0.05) is 14.1 Å². The second-order valence-electron chi connectivity index (χ2n) is 5.98. The summed E-state index contributed by atoms with van der Waals surface area (Å²) in [5.74, 6) is -0.0140. The third-order valence-electron chi connectivity index (χ3n) is 3.74. The van der Waals surface area contributed by atoms with Gasteiger partial charge in [-0.1, -0.05) is 12.1 Å². The normalized spacial score (nSPS) is 12.8. The number of benzene rings is 2. The maximum absolute atomic E-state index is 13.2. The molecule has 0 unspecified atom stereocenters. The Hall–Kier alpha value is -2.31. The van der Waals surface area contributed by atoms with Gasteiger partial charge in [-0.15, -0.1) is 0 Å². The first-order valence-corrected chi connectivity index (χ1v) is 11.1. The highest BCUT2D eigenvalue weighted by molar-refractivity contribution is 7.92. The van der Waals surface area contributed by atoms with Crippen molar-refractivity contribution in [3.05, 3.63) is 48.0 Å². The van der Waals surface area contributed by atoms with Crippen LogP contribution in [-0.4, -0.2) is 41.8 Å². The summed E-state index contributed by atoms with van der Waals surface area (Å²) in [7, 11) is -6.11. The number of ether oxygens (including phenoxy) is 1. The van der Waals surface area contributed by atoms with Crippen molar-refractivity contribution in [2.45, 2.75) is 22.9 Å². The topological polar surface area (TPSA) is 92.8 Å². The van der Waals surface area contributed by atoms with Gasteiger partial charge in [-0.2, -0.15) is 13.2 Å². The average molecular weight is 452 g/mol. The summed E-state index contributed by atoms with van der Waals surface area (Å²) in [4.78, 5) is -1.30. The van der Waals surface area contributed by atoms with Crippen LogP contribution in [0, 0.1) is 0 Å². The molecule has 2 aromatic carbocycles. The Balaban J connectivity index is 2.56. The molecule has 1 N–H and O–H groups in total. The molecule has 0 aliphatic heterocycles. The van der Waals surface area contributed by atoms with E-state index in [9.17, 15) is 30.0 Å². The van der Waals surface area contributed by atoms with E-state index in [-0.39, 0.29) is 22.9 Å². The molecule has 29 heavy (non-hydrogen) atoms. The standard InChI is InChI=1S/C17H19F3N2O5S2/c1-4-27-14-10-9-12(11-16(14)29(25,26)22(2)3)21-28(23,24)15-8-6-5-7-13(15)17(18,19)20/h5-11,21H,4H2,1-3H3. The molecule has 0 radical (unpaired) electrons. The van der Waals surface area contributed by atoms with Crippen LogP contribution in [-0.2, 0) is 26.2 Å². The van der Waals surface area contributed by atoms with Gasteiger partial charge in [-0.25, -0.2) is 21.1 Å². The van der Waals surface area contributed by atoms with E-state index in [1.54, 1.807) is 6.92 Å². The van der Waals surface area contributed by atoms with E-state index in [1.807, 2.05) is 4.72 Å². The summed E-state index contributed by atoms with van der Waals surface area (Å²) in [5, 5.41) is 0. The summed E-state index contributed by atoms with van der Waals surface area (Å²) in [5.41, 5.74) is -1.56. The molecule has 0 saturated heterocycles. The van der Waals surface area contributed by atoms with Gasteiger partial charge in [0.15, 0.2) is 0 Å². The van der Waals surface area contributed by atoms with Crippen LogP contribution in [0.3, 0.4) is 0 Å². The van der Waals surface area contributed by atoms with Crippen LogP contribution >= 0.6 is 0 Å². The van der Waals surface area contributed by atoms with E-state index in [0.29, 0.717) is 6.07 Å². The highest BCUT2D eigenvalue weighted by Gasteiger charge is 2.37. The van der Waals surface area contributed by atoms with E-state index in [4.69, 9.17) is 4.74 Å². The molecule has 0 aromatic heterocycles. The molecule has 0 saturated carbocycles. The van der Waals surface area contributed by atoms with Crippen LogP contribution < -0.4 is 9.46 Å². The molecule has 0 atom stereocenters. The van der Waals surface area contributed by atoms with Gasteiger partial charge in [0.1, 0.15) is 10.6 Å². The van der Waals surface area contributed by atoms with Gasteiger partial charge in [0.2, 0.25) is 10.0 Å². The van der Waals surface area contributed by atoms with Crippen LogP contribution in [0.5, 0.6) is 5.75 Å². The van der Waals surface area contributed by atoms with Crippen LogP contribution in [0.1, 0.15) is 12.5 Å². The van der Waals surface area contributed by atoms with Gasteiger partial charge in [0.25, 0.3) is 10.0 Å². The lowest BCUT2D eigenvalue weighted by Gasteiger charge is -2.18. The lowest BCUT2D eigenvalue weighted by Crippen LogP contribution is -2.23. The second kappa shape index (κ2) is 8.20. The highest BCUT2D eigenvalue weighted by atomic mass is 32.2. The number of rotatable bonds is 7. The molecule has 2 rings (SSSR count). The number of halogens is 3. The Labute approximate surface area is 167 Å². The van der Waals surface area contributed by atoms with Crippen molar-refractivity contribution < 1.29 is 34.7 Å². The number of hydrogen-bond acceptors (Lipinski definition) is 5. The number of alkyl halides is 3. The zero-order valence-electron chi connectivity index (χ0n) is 15.7. The minimum atomic E-state index is -4.89. The number of nitrogens with one attached hydrogen (secondary N) is 1. The molecular formula is C17H19F3N2O5S2. The summed E-state index contributed by atoms with van der Waals surface area (Å²) >= 11 is 0. The Morgan fingerprint density at radius 2 is 1.62 bits per heavy atom. The molecule has 2 aromatic rings. The predicted octanol–water partition coefficient (Wildman–Crippen LogP) is 3.16. The molecule has 0 spiro atoms. The zero-order valence-corrected chi connectivity index (χ0v) is 17.3. The molecule has 7 nitrogen and oxygen atoms in total. The number of hydrogen-bond donors (Lipinski definition) is 1. The fraction of sp³-hybridized carbons (Fsp3) is 0.294. The number of anilines is 1. The number of sulfonamides is 2. The van der Waals surface area contributed by atoms with Crippen molar-refractivity contribution in [2.75, 3.05) is 25.4 Å². The maximum atomic E-state index is 13.2. The number of nitrogens with zero attached hydrogens (tertiary/aromatic N) is 1. The van der Waals surface area contributed by atoms with Crippen molar-refractivity contribution in [1.29, 1.82) is 0 Å².